The van der Waals surface area contributed by atoms with Crippen molar-refractivity contribution in [3.63, 3.8) is 0 Å². The van der Waals surface area contributed by atoms with Gasteiger partial charge >= 0.3 is 17.9 Å². The molecule has 34 heavy (non-hydrogen) atoms. The molecule has 0 saturated carbocycles. The van der Waals surface area contributed by atoms with Crippen molar-refractivity contribution in [3.05, 3.63) is 0 Å². The average molecular weight is 486 g/mol. The minimum absolute atomic E-state index is 0.0134. The largest absolute Gasteiger partial charge is 0.460 e. The summed E-state index contributed by atoms with van der Waals surface area (Å²) in [7, 11) is 0. The van der Waals surface area contributed by atoms with E-state index < -0.39 is 46.5 Å². The second-order valence-corrected chi connectivity index (χ2v) is 11.8. The zero-order chi connectivity index (χ0) is 26.7. The number of ether oxygens (including phenoxy) is 3. The van der Waals surface area contributed by atoms with E-state index in [1.165, 1.54) is 0 Å². The molecule has 2 atom stereocenters. The molecule has 0 aliphatic carbocycles. The van der Waals surface area contributed by atoms with Crippen molar-refractivity contribution in [2.45, 2.75) is 124 Å². The topological polar surface area (TPSA) is 122 Å². The van der Waals surface area contributed by atoms with Crippen LogP contribution in [-0.4, -0.2) is 47.0 Å². The third-order valence-corrected chi connectivity index (χ3v) is 4.55. The van der Waals surface area contributed by atoms with Crippen LogP contribution in [0.1, 0.15) is 107 Å². The number of nitrogens with two attached hydrogens (primary N) is 1. The van der Waals surface area contributed by atoms with Crippen LogP contribution in [0.3, 0.4) is 0 Å². The summed E-state index contributed by atoms with van der Waals surface area (Å²) < 4.78 is 16.3. The summed E-state index contributed by atoms with van der Waals surface area (Å²) in [6.45, 7) is 16.4. The van der Waals surface area contributed by atoms with Crippen molar-refractivity contribution < 1.29 is 33.4 Å². The Hall–Kier alpha value is -1.96. The van der Waals surface area contributed by atoms with Crippen LogP contribution in [0.15, 0.2) is 0 Å². The molecule has 0 aromatic heterocycles. The first-order valence-electron chi connectivity index (χ1n) is 12.2. The van der Waals surface area contributed by atoms with Gasteiger partial charge in [0, 0.05) is 19.3 Å². The molecule has 2 N–H and O–H groups in total. The first kappa shape index (κ1) is 32.0. The van der Waals surface area contributed by atoms with Gasteiger partial charge in [0.2, 0.25) is 0 Å². The van der Waals surface area contributed by atoms with Crippen LogP contribution < -0.4 is 5.73 Å². The zero-order valence-corrected chi connectivity index (χ0v) is 22.7. The van der Waals surface area contributed by atoms with E-state index in [0.717, 1.165) is 6.42 Å². The molecule has 0 aliphatic heterocycles. The number of Topliss-reactive ketones (excluding diaryl/α,β-unsaturated/α-hetero) is 1. The highest BCUT2D eigenvalue weighted by atomic mass is 16.6. The predicted molar refractivity (Wildman–Crippen MR) is 131 cm³/mol. The van der Waals surface area contributed by atoms with Crippen LogP contribution in [0.5, 0.6) is 0 Å². The number of carbonyl (C=O) groups is 4. The molecule has 0 aromatic carbocycles. The third kappa shape index (κ3) is 16.6. The molecule has 0 aliphatic rings. The van der Waals surface area contributed by atoms with Crippen molar-refractivity contribution in [1.82, 2.24) is 0 Å². The average Bonchev–Trinajstić information content (AvgIpc) is 2.60. The number of ketones is 1. The van der Waals surface area contributed by atoms with Gasteiger partial charge in [-0.15, -0.1) is 0 Å². The fraction of sp³-hybridized carbons (Fsp3) is 0.846. The summed E-state index contributed by atoms with van der Waals surface area (Å²) in [5, 5.41) is 0. The van der Waals surface area contributed by atoms with Crippen LogP contribution in [0.4, 0.5) is 0 Å². The maximum atomic E-state index is 13.0. The summed E-state index contributed by atoms with van der Waals surface area (Å²) in [5.41, 5.74) is 3.53. The maximum Gasteiger partial charge on any atom is 0.309 e. The van der Waals surface area contributed by atoms with Gasteiger partial charge in [0.15, 0.2) is 0 Å². The number of hydrogen-bond acceptors (Lipinski definition) is 8. The van der Waals surface area contributed by atoms with Crippen LogP contribution in [0, 0.1) is 11.8 Å². The zero-order valence-electron chi connectivity index (χ0n) is 22.7. The molecular formula is C26H47NO7. The fourth-order valence-electron chi connectivity index (χ4n) is 3.23. The highest BCUT2D eigenvalue weighted by Gasteiger charge is 2.32. The Balaban J connectivity index is 5.37. The van der Waals surface area contributed by atoms with E-state index in [4.69, 9.17) is 19.9 Å². The minimum Gasteiger partial charge on any atom is -0.460 e. The molecule has 0 spiro atoms. The molecule has 0 fully saturated rings. The van der Waals surface area contributed by atoms with E-state index in [-0.39, 0.29) is 31.5 Å². The Morgan fingerprint density at radius 2 is 1.06 bits per heavy atom. The van der Waals surface area contributed by atoms with E-state index in [1.807, 2.05) is 0 Å². The SMILES string of the molecule is CC(C)(C)OC(=O)CC[C@H](CC(=O)C[C@@H](CCCCN)C(=O)OC(C)(C)C)C(=O)OC(C)(C)C. The first-order valence-corrected chi connectivity index (χ1v) is 12.2. The van der Waals surface area contributed by atoms with Gasteiger partial charge in [-0.25, -0.2) is 0 Å². The lowest BCUT2D eigenvalue weighted by Crippen LogP contribution is -2.32. The van der Waals surface area contributed by atoms with Gasteiger partial charge in [0.1, 0.15) is 22.6 Å². The molecule has 0 bridgehead atoms. The molecule has 0 aromatic rings. The molecule has 0 rings (SSSR count). The van der Waals surface area contributed by atoms with Crippen molar-refractivity contribution in [3.8, 4) is 0 Å². The van der Waals surface area contributed by atoms with Crippen molar-refractivity contribution >= 4 is 23.7 Å². The quantitative estimate of drug-likeness (QED) is 0.230. The van der Waals surface area contributed by atoms with Crippen LogP contribution in [0.2, 0.25) is 0 Å². The Morgan fingerprint density at radius 1 is 0.647 bits per heavy atom. The molecule has 0 unspecified atom stereocenters. The van der Waals surface area contributed by atoms with Gasteiger partial charge in [-0.1, -0.05) is 6.42 Å². The summed E-state index contributed by atoms with van der Waals surface area (Å²) in [4.78, 5) is 50.6. The molecule has 198 valence electrons. The number of rotatable bonds is 13. The number of esters is 3. The van der Waals surface area contributed by atoms with Gasteiger partial charge < -0.3 is 19.9 Å². The summed E-state index contributed by atoms with van der Waals surface area (Å²) in [6, 6.07) is 0. The standard InChI is InChI=1S/C26H47NO7/c1-24(2,3)32-21(29)14-13-19(23(31)34-26(7,8)9)17-20(28)16-18(12-10-11-15-27)22(30)33-25(4,5)6/h18-19H,10-17,27H2,1-9H3/t18-,19-/m1/s1. The molecule has 0 amide bonds. The van der Waals surface area contributed by atoms with Gasteiger partial charge in [-0.2, -0.15) is 0 Å². The smallest absolute Gasteiger partial charge is 0.309 e. The first-order chi connectivity index (χ1) is 15.3. The number of unbranched alkanes of at least 4 members (excludes halogenated alkanes) is 1. The van der Waals surface area contributed by atoms with E-state index >= 15 is 0 Å². The Bertz CT molecular complexity index is 681. The molecule has 0 heterocycles. The van der Waals surface area contributed by atoms with Gasteiger partial charge in [-0.05, 0) is 88.1 Å². The Kier molecular flexibility index (Phi) is 13.0. The third-order valence-electron chi connectivity index (χ3n) is 4.55. The van der Waals surface area contributed by atoms with Crippen LogP contribution >= 0.6 is 0 Å². The monoisotopic (exact) mass is 485 g/mol. The lowest BCUT2D eigenvalue weighted by molar-refractivity contribution is -0.162. The van der Waals surface area contributed by atoms with E-state index in [0.29, 0.717) is 19.4 Å². The number of carbonyl (C=O) groups excluding carboxylic acids is 4. The lowest BCUT2D eigenvalue weighted by Gasteiger charge is -2.25. The van der Waals surface area contributed by atoms with E-state index in [2.05, 4.69) is 0 Å². The van der Waals surface area contributed by atoms with Crippen LogP contribution in [0.25, 0.3) is 0 Å². The molecular weight excluding hydrogens is 438 g/mol. The second kappa shape index (κ2) is 13.8. The lowest BCUT2D eigenvalue weighted by atomic mass is 9.90. The fourth-order valence-corrected chi connectivity index (χ4v) is 3.23. The van der Waals surface area contributed by atoms with Crippen molar-refractivity contribution in [2.75, 3.05) is 6.54 Å². The number of hydrogen-bond donors (Lipinski definition) is 1. The van der Waals surface area contributed by atoms with E-state index in [1.54, 1.807) is 62.3 Å². The van der Waals surface area contributed by atoms with Crippen LogP contribution in [-0.2, 0) is 33.4 Å². The summed E-state index contributed by atoms with van der Waals surface area (Å²) in [6.07, 6.45) is 1.87. The van der Waals surface area contributed by atoms with Crippen molar-refractivity contribution in [2.24, 2.45) is 17.6 Å². The normalized spacial score (nSPS) is 14.2. The molecule has 0 saturated heterocycles. The van der Waals surface area contributed by atoms with Gasteiger partial charge in [0.05, 0.1) is 11.8 Å². The second-order valence-electron chi connectivity index (χ2n) is 11.8. The molecule has 8 heteroatoms. The summed E-state index contributed by atoms with van der Waals surface area (Å²) >= 11 is 0. The molecule has 8 nitrogen and oxygen atoms in total. The highest BCUT2D eigenvalue weighted by molar-refractivity contribution is 5.88. The van der Waals surface area contributed by atoms with E-state index in [9.17, 15) is 19.2 Å². The highest BCUT2D eigenvalue weighted by Crippen LogP contribution is 2.24. The Labute approximate surface area is 205 Å². The van der Waals surface area contributed by atoms with Gasteiger partial charge in [-0.3, -0.25) is 19.2 Å². The maximum absolute atomic E-state index is 13.0. The molecule has 0 radical (unpaired) electrons. The Morgan fingerprint density at radius 3 is 1.44 bits per heavy atom. The van der Waals surface area contributed by atoms with Gasteiger partial charge in [0.25, 0.3) is 0 Å². The predicted octanol–water partition coefficient (Wildman–Crippen LogP) is 4.50. The summed E-state index contributed by atoms with van der Waals surface area (Å²) in [5.74, 6) is -3.07. The minimum atomic E-state index is -0.803. The van der Waals surface area contributed by atoms with Crippen molar-refractivity contribution in [1.29, 1.82) is 0 Å².